The van der Waals surface area contributed by atoms with E-state index in [2.05, 4.69) is 4.98 Å². The van der Waals surface area contributed by atoms with Crippen molar-refractivity contribution in [3.05, 3.63) is 64.5 Å². The number of nitriles is 1. The lowest BCUT2D eigenvalue weighted by Crippen LogP contribution is -2.03. The van der Waals surface area contributed by atoms with Crippen LogP contribution >= 0.6 is 0 Å². The summed E-state index contributed by atoms with van der Waals surface area (Å²) < 4.78 is 43.1. The molecule has 24 heavy (non-hydrogen) atoms. The van der Waals surface area contributed by atoms with Crippen LogP contribution in [0.15, 0.2) is 40.8 Å². The third-order valence-corrected chi connectivity index (χ3v) is 3.50. The minimum absolute atomic E-state index is 0.386. The van der Waals surface area contributed by atoms with Crippen LogP contribution in [-0.4, -0.2) is 4.98 Å². The Hall–Kier alpha value is -3.07. The number of rotatable bonds is 2. The summed E-state index contributed by atoms with van der Waals surface area (Å²) >= 11 is 0. The number of hydrogen-bond acceptors (Lipinski definition) is 3. The summed E-state index contributed by atoms with van der Waals surface area (Å²) in [7, 11) is 0. The fraction of sp³-hybridized carbons (Fsp3) is 0.111. The summed E-state index contributed by atoms with van der Waals surface area (Å²) in [5.41, 5.74) is 2.01. The largest absolute Gasteiger partial charge is 0.440 e. The van der Waals surface area contributed by atoms with Crippen molar-refractivity contribution in [2.75, 3.05) is 0 Å². The Morgan fingerprint density at radius 3 is 2.42 bits per heavy atom. The fourth-order valence-corrected chi connectivity index (χ4v) is 2.32. The van der Waals surface area contributed by atoms with Crippen LogP contribution in [-0.2, 0) is 6.18 Å². The normalized spacial score (nSPS) is 12.0. The van der Waals surface area contributed by atoms with Crippen LogP contribution in [0.1, 0.15) is 28.1 Å². The molecule has 0 aliphatic rings. The maximum atomic E-state index is 12.6. The molecule has 2 aromatic carbocycles. The fourth-order valence-electron chi connectivity index (χ4n) is 2.32. The number of nitrogens with zero attached hydrogens (tertiary/aromatic N) is 2. The van der Waals surface area contributed by atoms with E-state index in [0.29, 0.717) is 28.1 Å². The highest BCUT2D eigenvalue weighted by molar-refractivity contribution is 5.90. The summed E-state index contributed by atoms with van der Waals surface area (Å²) in [6.07, 6.45) is -0.932. The monoisotopic (exact) mass is 328 g/mol. The van der Waals surface area contributed by atoms with Gasteiger partial charge in [0.2, 0.25) is 0 Å². The van der Waals surface area contributed by atoms with Crippen LogP contribution in [0.5, 0.6) is 0 Å². The van der Waals surface area contributed by atoms with Crippen molar-refractivity contribution < 1.29 is 17.6 Å². The zero-order valence-electron chi connectivity index (χ0n) is 12.6. The smallest absolute Gasteiger partial charge is 0.416 e. The summed E-state index contributed by atoms with van der Waals surface area (Å²) in [6.45, 7) is 1.69. The van der Waals surface area contributed by atoms with Crippen LogP contribution in [0.3, 0.4) is 0 Å². The lowest BCUT2D eigenvalue weighted by Gasteiger charge is -2.05. The standard InChI is InChI=1S/C18H11F3N2O/c1-11-23-16-13(6-7-14(10-22)17(16)24-11)5-2-12-3-8-15(9-4-12)18(19,20)21/h2-9H,1H3/b5-2+. The molecule has 1 aromatic heterocycles. The highest BCUT2D eigenvalue weighted by atomic mass is 19.4. The molecular formula is C18H11F3N2O. The minimum atomic E-state index is -4.35. The molecule has 0 aliphatic carbocycles. The molecule has 0 atom stereocenters. The Bertz CT molecular complexity index is 961. The van der Waals surface area contributed by atoms with E-state index in [4.69, 9.17) is 9.68 Å². The molecule has 1 heterocycles. The number of alkyl halides is 3. The number of halogens is 3. The van der Waals surface area contributed by atoms with Gasteiger partial charge in [-0.25, -0.2) is 4.98 Å². The van der Waals surface area contributed by atoms with Gasteiger partial charge in [0.15, 0.2) is 11.5 Å². The molecule has 0 saturated heterocycles. The molecule has 0 spiro atoms. The highest BCUT2D eigenvalue weighted by Crippen LogP contribution is 2.29. The zero-order chi connectivity index (χ0) is 17.3. The summed E-state index contributed by atoms with van der Waals surface area (Å²) in [5, 5.41) is 9.09. The van der Waals surface area contributed by atoms with E-state index in [1.54, 1.807) is 31.2 Å². The van der Waals surface area contributed by atoms with Crippen LogP contribution in [0.2, 0.25) is 0 Å². The molecule has 0 bridgehead atoms. The first-order chi connectivity index (χ1) is 11.4. The predicted molar refractivity (Wildman–Crippen MR) is 83.8 cm³/mol. The van der Waals surface area contributed by atoms with Gasteiger partial charge in [0.05, 0.1) is 11.1 Å². The Morgan fingerprint density at radius 2 is 1.79 bits per heavy atom. The lowest BCUT2D eigenvalue weighted by molar-refractivity contribution is -0.137. The molecule has 6 heteroatoms. The third-order valence-electron chi connectivity index (χ3n) is 3.50. The molecule has 0 amide bonds. The highest BCUT2D eigenvalue weighted by Gasteiger charge is 2.29. The summed E-state index contributed by atoms with van der Waals surface area (Å²) in [4.78, 5) is 4.26. The number of benzene rings is 2. The molecule has 3 rings (SSSR count). The van der Waals surface area contributed by atoms with Gasteiger partial charge < -0.3 is 4.42 Å². The topological polar surface area (TPSA) is 49.8 Å². The van der Waals surface area contributed by atoms with E-state index >= 15 is 0 Å². The second-order valence-electron chi connectivity index (χ2n) is 5.18. The molecule has 120 valence electrons. The molecule has 0 unspecified atom stereocenters. The van der Waals surface area contributed by atoms with E-state index in [1.165, 1.54) is 12.1 Å². The Kier molecular flexibility index (Phi) is 3.86. The van der Waals surface area contributed by atoms with E-state index in [-0.39, 0.29) is 0 Å². The average molecular weight is 328 g/mol. The molecule has 0 fully saturated rings. The molecule has 0 saturated carbocycles. The number of aromatic nitrogens is 1. The molecular weight excluding hydrogens is 317 g/mol. The van der Waals surface area contributed by atoms with Crippen molar-refractivity contribution in [1.29, 1.82) is 5.26 Å². The molecule has 0 N–H and O–H groups in total. The summed E-state index contributed by atoms with van der Waals surface area (Å²) in [6, 6.07) is 10.3. The van der Waals surface area contributed by atoms with Crippen molar-refractivity contribution >= 4 is 23.3 Å². The first-order valence-corrected chi connectivity index (χ1v) is 7.04. The van der Waals surface area contributed by atoms with Crippen LogP contribution in [0.25, 0.3) is 23.3 Å². The summed E-state index contributed by atoms with van der Waals surface area (Å²) in [5.74, 6) is 0.442. The first kappa shape index (κ1) is 15.8. The van der Waals surface area contributed by atoms with Crippen molar-refractivity contribution in [2.45, 2.75) is 13.1 Å². The van der Waals surface area contributed by atoms with Gasteiger partial charge in [0.1, 0.15) is 11.6 Å². The van der Waals surface area contributed by atoms with Crippen molar-refractivity contribution in [2.24, 2.45) is 0 Å². The van der Waals surface area contributed by atoms with Crippen LogP contribution in [0, 0.1) is 18.3 Å². The number of fused-ring (bicyclic) bond motifs is 1. The molecule has 0 aliphatic heterocycles. The molecule has 0 radical (unpaired) electrons. The zero-order valence-corrected chi connectivity index (χ0v) is 12.6. The van der Waals surface area contributed by atoms with Gasteiger partial charge in [-0.15, -0.1) is 0 Å². The Balaban J connectivity index is 1.95. The van der Waals surface area contributed by atoms with Gasteiger partial charge in [-0.3, -0.25) is 0 Å². The molecule has 3 aromatic rings. The number of oxazole rings is 1. The number of aryl methyl sites for hydroxylation is 1. The number of hydrogen-bond donors (Lipinski definition) is 0. The van der Waals surface area contributed by atoms with Crippen molar-refractivity contribution in [1.82, 2.24) is 4.98 Å². The van der Waals surface area contributed by atoms with Gasteiger partial charge in [-0.2, -0.15) is 18.4 Å². The first-order valence-electron chi connectivity index (χ1n) is 7.04. The van der Waals surface area contributed by atoms with E-state index in [9.17, 15) is 13.2 Å². The average Bonchev–Trinajstić information content (AvgIpc) is 2.93. The van der Waals surface area contributed by atoms with E-state index in [1.807, 2.05) is 6.07 Å². The van der Waals surface area contributed by atoms with Crippen molar-refractivity contribution in [3.63, 3.8) is 0 Å². The van der Waals surface area contributed by atoms with Crippen LogP contribution in [0.4, 0.5) is 13.2 Å². The van der Waals surface area contributed by atoms with Gasteiger partial charge in [0, 0.05) is 12.5 Å². The lowest BCUT2D eigenvalue weighted by atomic mass is 10.1. The third kappa shape index (κ3) is 3.01. The Morgan fingerprint density at radius 1 is 1.08 bits per heavy atom. The predicted octanol–water partition coefficient (Wildman–Crippen LogP) is 5.20. The second kappa shape index (κ2) is 5.85. The minimum Gasteiger partial charge on any atom is -0.440 e. The van der Waals surface area contributed by atoms with Gasteiger partial charge in [0.25, 0.3) is 0 Å². The van der Waals surface area contributed by atoms with Crippen molar-refractivity contribution in [3.8, 4) is 6.07 Å². The van der Waals surface area contributed by atoms with Gasteiger partial charge >= 0.3 is 6.18 Å². The van der Waals surface area contributed by atoms with Crippen LogP contribution < -0.4 is 0 Å². The quantitative estimate of drug-likeness (QED) is 0.608. The maximum absolute atomic E-state index is 12.6. The second-order valence-corrected chi connectivity index (χ2v) is 5.18. The van der Waals surface area contributed by atoms with Gasteiger partial charge in [-0.1, -0.05) is 30.4 Å². The van der Waals surface area contributed by atoms with E-state index < -0.39 is 11.7 Å². The van der Waals surface area contributed by atoms with E-state index in [0.717, 1.165) is 17.7 Å². The van der Waals surface area contributed by atoms with Gasteiger partial charge in [-0.05, 0) is 23.8 Å². The Labute approximate surface area is 135 Å². The molecule has 3 nitrogen and oxygen atoms in total. The maximum Gasteiger partial charge on any atom is 0.416 e. The SMILES string of the molecule is Cc1nc2c(/C=C/c3ccc(C(F)(F)F)cc3)ccc(C#N)c2o1.